The van der Waals surface area contributed by atoms with Crippen LogP contribution < -0.4 is 13.8 Å². The minimum atomic E-state index is -4.23. The molecule has 0 saturated carbocycles. The average molecular weight is 449 g/mol. The molecule has 1 aliphatic rings. The summed E-state index contributed by atoms with van der Waals surface area (Å²) >= 11 is 0. The van der Waals surface area contributed by atoms with Crippen LogP contribution in [0.5, 0.6) is 11.5 Å². The largest absolute Gasteiger partial charge is 0.486 e. The van der Waals surface area contributed by atoms with Crippen molar-refractivity contribution in [3.8, 4) is 11.5 Å². The topological polar surface area (TPSA) is 108 Å². The van der Waals surface area contributed by atoms with Crippen molar-refractivity contribution in [2.24, 2.45) is 0 Å². The number of rotatable bonds is 7. The highest BCUT2D eigenvalue weighted by Gasteiger charge is 2.31. The van der Waals surface area contributed by atoms with E-state index in [1.807, 2.05) is 0 Å². The zero-order chi connectivity index (χ0) is 22.6. The van der Waals surface area contributed by atoms with E-state index in [0.717, 1.165) is 4.31 Å². The molecule has 0 atom stereocenters. The highest BCUT2D eigenvalue weighted by atomic mass is 32.2. The van der Waals surface area contributed by atoms with Gasteiger partial charge in [0, 0.05) is 6.07 Å². The van der Waals surface area contributed by atoms with Crippen molar-refractivity contribution in [3.05, 3.63) is 47.5 Å². The van der Waals surface area contributed by atoms with Crippen molar-refractivity contribution in [2.45, 2.75) is 18.7 Å². The Balaban J connectivity index is 2.11. The van der Waals surface area contributed by atoms with Crippen LogP contribution in [0.1, 0.15) is 22.8 Å². The molecule has 9 nitrogen and oxygen atoms in total. The third-order valence-electron chi connectivity index (χ3n) is 4.66. The Morgan fingerprint density at radius 1 is 1.10 bits per heavy atom. The molecular weight excluding hydrogens is 426 g/mol. The van der Waals surface area contributed by atoms with E-state index in [1.165, 1.54) is 43.5 Å². The number of carbonyl (C=O) groups is 2. The van der Waals surface area contributed by atoms with Crippen LogP contribution in [-0.4, -0.2) is 53.8 Å². The maximum Gasteiger partial charge on any atom is 0.338 e. The van der Waals surface area contributed by atoms with Crippen molar-refractivity contribution in [2.75, 3.05) is 37.8 Å². The van der Waals surface area contributed by atoms with Gasteiger partial charge in [0.15, 0.2) is 11.5 Å². The molecule has 166 valence electrons. The van der Waals surface area contributed by atoms with Crippen LogP contribution in [0, 0.1) is 6.92 Å². The molecule has 1 aliphatic heterocycles. The van der Waals surface area contributed by atoms with Crippen molar-refractivity contribution in [1.29, 1.82) is 0 Å². The van der Waals surface area contributed by atoms with Crippen LogP contribution in [0.15, 0.2) is 41.3 Å². The Morgan fingerprint density at radius 3 is 2.48 bits per heavy atom. The predicted octanol–water partition coefficient (Wildman–Crippen LogP) is 2.31. The lowest BCUT2D eigenvalue weighted by atomic mass is 10.1. The van der Waals surface area contributed by atoms with Crippen LogP contribution in [0.3, 0.4) is 0 Å². The number of anilines is 1. The standard InChI is InChI=1S/C21H23NO8S/c1-4-28-20(23)13-22(17-7-5-6-16(14(17)2)21(24)27-3)31(25,26)15-8-9-18-19(12-15)30-11-10-29-18/h5-9,12H,4,10-11,13H2,1-3H3. The van der Waals surface area contributed by atoms with Gasteiger partial charge < -0.3 is 18.9 Å². The number of benzene rings is 2. The summed E-state index contributed by atoms with van der Waals surface area (Å²) in [6.45, 7) is 3.39. The first-order chi connectivity index (χ1) is 14.8. The van der Waals surface area contributed by atoms with Crippen LogP contribution in [-0.2, 0) is 24.3 Å². The zero-order valence-electron chi connectivity index (χ0n) is 17.4. The number of esters is 2. The lowest BCUT2D eigenvalue weighted by Gasteiger charge is -2.26. The summed E-state index contributed by atoms with van der Waals surface area (Å²) in [7, 11) is -2.99. The molecule has 0 radical (unpaired) electrons. The van der Waals surface area contributed by atoms with Gasteiger partial charge in [0.05, 0.1) is 29.9 Å². The molecule has 1 heterocycles. The molecule has 3 rings (SSSR count). The van der Waals surface area contributed by atoms with Crippen molar-refractivity contribution in [1.82, 2.24) is 0 Å². The van der Waals surface area contributed by atoms with E-state index in [0.29, 0.717) is 30.3 Å². The van der Waals surface area contributed by atoms with E-state index < -0.39 is 28.5 Å². The molecule has 0 amide bonds. The lowest BCUT2D eigenvalue weighted by Crippen LogP contribution is -2.37. The normalized spacial score (nSPS) is 12.7. The van der Waals surface area contributed by atoms with Gasteiger partial charge in [-0.15, -0.1) is 0 Å². The smallest absolute Gasteiger partial charge is 0.338 e. The monoisotopic (exact) mass is 449 g/mol. The highest BCUT2D eigenvalue weighted by Crippen LogP contribution is 2.35. The third-order valence-corrected chi connectivity index (χ3v) is 6.41. The first-order valence-electron chi connectivity index (χ1n) is 9.55. The van der Waals surface area contributed by atoms with Gasteiger partial charge in [-0.25, -0.2) is 13.2 Å². The first kappa shape index (κ1) is 22.4. The second kappa shape index (κ2) is 9.25. The van der Waals surface area contributed by atoms with Crippen LogP contribution in [0.25, 0.3) is 0 Å². The Hall–Kier alpha value is -3.27. The Kier molecular flexibility index (Phi) is 6.69. The molecule has 0 aliphatic carbocycles. The molecule has 31 heavy (non-hydrogen) atoms. The Bertz CT molecular complexity index is 1100. The summed E-state index contributed by atoms with van der Waals surface area (Å²) in [6, 6.07) is 8.77. The van der Waals surface area contributed by atoms with Gasteiger partial charge in [0.25, 0.3) is 10.0 Å². The fourth-order valence-electron chi connectivity index (χ4n) is 3.16. The summed E-state index contributed by atoms with van der Waals surface area (Å²) < 4.78 is 48.7. The fraction of sp³-hybridized carbons (Fsp3) is 0.333. The molecule has 0 N–H and O–H groups in total. The molecule has 0 aromatic heterocycles. The molecule has 0 fully saturated rings. The van der Waals surface area contributed by atoms with Gasteiger partial charge in [-0.3, -0.25) is 9.10 Å². The minimum Gasteiger partial charge on any atom is -0.486 e. The highest BCUT2D eigenvalue weighted by molar-refractivity contribution is 7.92. The average Bonchev–Trinajstić information content (AvgIpc) is 2.77. The van der Waals surface area contributed by atoms with Gasteiger partial charge in [-0.2, -0.15) is 0 Å². The molecule has 2 aromatic carbocycles. The van der Waals surface area contributed by atoms with Crippen LogP contribution in [0.2, 0.25) is 0 Å². The molecular formula is C21H23NO8S. The van der Waals surface area contributed by atoms with E-state index in [9.17, 15) is 18.0 Å². The van der Waals surface area contributed by atoms with Crippen LogP contribution in [0.4, 0.5) is 5.69 Å². The molecule has 0 bridgehead atoms. The zero-order valence-corrected chi connectivity index (χ0v) is 18.2. The number of carbonyl (C=O) groups excluding carboxylic acids is 2. The summed E-state index contributed by atoms with van der Waals surface area (Å²) in [6.07, 6.45) is 0. The predicted molar refractivity (Wildman–Crippen MR) is 111 cm³/mol. The number of methoxy groups -OCH3 is 1. The van der Waals surface area contributed by atoms with E-state index in [-0.39, 0.29) is 22.8 Å². The van der Waals surface area contributed by atoms with E-state index in [2.05, 4.69) is 0 Å². The van der Waals surface area contributed by atoms with Gasteiger partial charge in [0.2, 0.25) is 0 Å². The summed E-state index contributed by atoms with van der Waals surface area (Å²) in [5, 5.41) is 0. The SMILES string of the molecule is CCOC(=O)CN(c1cccc(C(=O)OC)c1C)S(=O)(=O)c1ccc2c(c1)OCCO2. The van der Waals surface area contributed by atoms with Crippen LogP contribution >= 0.6 is 0 Å². The number of hydrogen-bond donors (Lipinski definition) is 0. The minimum absolute atomic E-state index is 0.0936. The maximum atomic E-state index is 13.6. The number of hydrogen-bond acceptors (Lipinski definition) is 8. The number of ether oxygens (including phenoxy) is 4. The summed E-state index contributed by atoms with van der Waals surface area (Å²) in [5.74, 6) is -0.617. The van der Waals surface area contributed by atoms with Gasteiger partial charge in [-0.05, 0) is 43.7 Å². The van der Waals surface area contributed by atoms with Crippen molar-refractivity contribution >= 4 is 27.6 Å². The number of nitrogens with zero attached hydrogens (tertiary/aromatic N) is 1. The maximum absolute atomic E-state index is 13.6. The Morgan fingerprint density at radius 2 is 1.81 bits per heavy atom. The first-order valence-corrected chi connectivity index (χ1v) is 11.0. The Labute approximate surface area is 180 Å². The number of sulfonamides is 1. The quantitative estimate of drug-likeness (QED) is 0.593. The molecule has 0 unspecified atom stereocenters. The van der Waals surface area contributed by atoms with Crippen molar-refractivity contribution in [3.63, 3.8) is 0 Å². The summed E-state index contributed by atoms with van der Waals surface area (Å²) in [4.78, 5) is 24.3. The summed E-state index contributed by atoms with van der Waals surface area (Å²) in [5.41, 5.74) is 0.692. The van der Waals surface area contributed by atoms with E-state index >= 15 is 0 Å². The fourth-order valence-corrected chi connectivity index (χ4v) is 4.64. The second-order valence-corrected chi connectivity index (χ2v) is 8.43. The number of fused-ring (bicyclic) bond motifs is 1. The van der Waals surface area contributed by atoms with E-state index in [1.54, 1.807) is 13.8 Å². The van der Waals surface area contributed by atoms with Gasteiger partial charge >= 0.3 is 11.9 Å². The second-order valence-electron chi connectivity index (χ2n) is 6.56. The third kappa shape index (κ3) is 4.58. The molecule has 0 saturated heterocycles. The lowest BCUT2D eigenvalue weighted by molar-refractivity contribution is -0.141. The van der Waals surface area contributed by atoms with Crippen molar-refractivity contribution < 1.29 is 37.0 Å². The van der Waals surface area contributed by atoms with Gasteiger partial charge in [-0.1, -0.05) is 6.07 Å². The molecule has 2 aromatic rings. The molecule has 0 spiro atoms. The van der Waals surface area contributed by atoms with E-state index in [4.69, 9.17) is 18.9 Å². The molecule has 10 heteroatoms. The van der Waals surface area contributed by atoms with Gasteiger partial charge in [0.1, 0.15) is 19.8 Å².